The number of esters is 2. The monoisotopic (exact) mass is 434 g/mol. The van der Waals surface area contributed by atoms with Gasteiger partial charge in [-0.25, -0.2) is 0 Å². The summed E-state index contributed by atoms with van der Waals surface area (Å²) >= 11 is 0. The summed E-state index contributed by atoms with van der Waals surface area (Å²) in [6, 6.07) is 0. The van der Waals surface area contributed by atoms with E-state index in [1.165, 1.54) is 19.4 Å². The zero-order valence-corrected chi connectivity index (χ0v) is 19.5. The van der Waals surface area contributed by atoms with Gasteiger partial charge in [-0.2, -0.15) is 0 Å². The van der Waals surface area contributed by atoms with Crippen LogP contribution in [0.25, 0.3) is 0 Å². The fraction of sp³-hybridized carbons (Fsp3) is 0.840. The van der Waals surface area contributed by atoms with E-state index < -0.39 is 17.1 Å². The van der Waals surface area contributed by atoms with Gasteiger partial charge in [-0.05, 0) is 56.3 Å². The molecule has 0 saturated heterocycles. The van der Waals surface area contributed by atoms with Crippen LogP contribution in [0.1, 0.15) is 79.6 Å². The lowest BCUT2D eigenvalue weighted by molar-refractivity contribution is -0.174. The van der Waals surface area contributed by atoms with Crippen LogP contribution in [0, 0.1) is 28.6 Å². The quantitative estimate of drug-likeness (QED) is 0.521. The third-order valence-corrected chi connectivity index (χ3v) is 9.55. The standard InChI is InChI=1S/C25H38O6/c1-14(26)25(29)13-21(31-16(3)28)22-19-7-6-17-12-18(30-15(2)27)8-10-23(17,4)20(19)9-11-24(22,25)5/h6,14,18-22,26,29H,7-13H2,1-5H3/t14-,18+,19-,20+,21-,22-,23+,24+,25+/m1/s1. The molecule has 2 N–H and O–H groups in total. The smallest absolute Gasteiger partial charge is 0.302 e. The molecule has 0 spiro atoms. The summed E-state index contributed by atoms with van der Waals surface area (Å²) in [5, 5.41) is 22.2. The molecule has 3 fully saturated rings. The molecule has 4 rings (SSSR count). The van der Waals surface area contributed by atoms with Gasteiger partial charge < -0.3 is 19.7 Å². The molecule has 0 amide bonds. The molecule has 174 valence electrons. The van der Waals surface area contributed by atoms with Crippen molar-refractivity contribution in [1.82, 2.24) is 0 Å². The summed E-state index contributed by atoms with van der Waals surface area (Å²) in [6.45, 7) is 8.98. The van der Waals surface area contributed by atoms with Crippen molar-refractivity contribution in [3.8, 4) is 0 Å². The van der Waals surface area contributed by atoms with E-state index in [1.54, 1.807) is 6.92 Å². The van der Waals surface area contributed by atoms with Gasteiger partial charge in [0, 0.05) is 38.0 Å². The molecule has 0 aromatic rings. The summed E-state index contributed by atoms with van der Waals surface area (Å²) in [7, 11) is 0. The van der Waals surface area contributed by atoms with Gasteiger partial charge in [-0.3, -0.25) is 9.59 Å². The summed E-state index contributed by atoms with van der Waals surface area (Å²) in [4.78, 5) is 23.4. The molecule has 0 heterocycles. The number of aliphatic hydroxyl groups is 2. The molecule has 0 radical (unpaired) electrons. The van der Waals surface area contributed by atoms with E-state index in [1.807, 2.05) is 0 Å². The highest BCUT2D eigenvalue weighted by atomic mass is 16.5. The second kappa shape index (κ2) is 7.58. The fourth-order valence-corrected chi connectivity index (χ4v) is 8.05. The number of carbonyl (C=O) groups is 2. The lowest BCUT2D eigenvalue weighted by Gasteiger charge is -2.59. The van der Waals surface area contributed by atoms with Crippen LogP contribution in [0.4, 0.5) is 0 Å². The predicted molar refractivity (Wildman–Crippen MR) is 115 cm³/mol. The first-order chi connectivity index (χ1) is 14.4. The number of hydrogen-bond acceptors (Lipinski definition) is 6. The van der Waals surface area contributed by atoms with E-state index in [-0.39, 0.29) is 47.8 Å². The summed E-state index contributed by atoms with van der Waals surface area (Å²) in [6.07, 6.45) is 6.59. The number of fused-ring (bicyclic) bond motifs is 5. The van der Waals surface area contributed by atoms with E-state index in [0.29, 0.717) is 5.92 Å². The Bertz CT molecular complexity index is 789. The summed E-state index contributed by atoms with van der Waals surface area (Å²) in [5.74, 6) is 0.178. The second-order valence-electron chi connectivity index (χ2n) is 11.1. The van der Waals surface area contributed by atoms with Gasteiger partial charge in [0.2, 0.25) is 0 Å². The van der Waals surface area contributed by atoms with Crippen molar-refractivity contribution in [1.29, 1.82) is 0 Å². The molecule has 0 aromatic heterocycles. The van der Waals surface area contributed by atoms with E-state index >= 15 is 0 Å². The van der Waals surface area contributed by atoms with Crippen LogP contribution < -0.4 is 0 Å². The van der Waals surface area contributed by atoms with Gasteiger partial charge in [0.05, 0.1) is 11.7 Å². The molecule has 4 aliphatic carbocycles. The first-order valence-corrected chi connectivity index (χ1v) is 11.9. The van der Waals surface area contributed by atoms with Gasteiger partial charge in [0.25, 0.3) is 0 Å². The normalized spacial score (nSPS) is 47.3. The Kier molecular flexibility index (Phi) is 5.57. The van der Waals surface area contributed by atoms with Crippen molar-refractivity contribution >= 4 is 11.9 Å². The van der Waals surface area contributed by atoms with Crippen LogP contribution in [0.5, 0.6) is 0 Å². The van der Waals surface area contributed by atoms with Gasteiger partial charge >= 0.3 is 11.9 Å². The molecule has 31 heavy (non-hydrogen) atoms. The molecule has 0 aromatic carbocycles. The highest BCUT2D eigenvalue weighted by Crippen LogP contribution is 2.68. The number of rotatable bonds is 3. The third-order valence-electron chi connectivity index (χ3n) is 9.55. The highest BCUT2D eigenvalue weighted by Gasteiger charge is 2.69. The average molecular weight is 435 g/mol. The van der Waals surface area contributed by atoms with E-state index in [0.717, 1.165) is 38.5 Å². The molecule has 3 saturated carbocycles. The predicted octanol–water partition coefficient (Wildman–Crippen LogP) is 3.53. The van der Waals surface area contributed by atoms with Gasteiger partial charge in [0.1, 0.15) is 12.2 Å². The van der Waals surface area contributed by atoms with Crippen LogP contribution in [0.15, 0.2) is 11.6 Å². The summed E-state index contributed by atoms with van der Waals surface area (Å²) < 4.78 is 11.3. The van der Waals surface area contributed by atoms with E-state index in [9.17, 15) is 19.8 Å². The lowest BCUT2D eigenvalue weighted by Crippen LogP contribution is -2.58. The zero-order chi connectivity index (χ0) is 22.8. The first kappa shape index (κ1) is 22.8. The van der Waals surface area contributed by atoms with Crippen LogP contribution >= 0.6 is 0 Å². The molecule has 6 nitrogen and oxygen atoms in total. The Labute approximate surface area is 185 Å². The maximum Gasteiger partial charge on any atom is 0.302 e. The molecular formula is C25H38O6. The van der Waals surface area contributed by atoms with E-state index in [2.05, 4.69) is 19.9 Å². The molecule has 6 heteroatoms. The highest BCUT2D eigenvalue weighted by molar-refractivity contribution is 5.66. The van der Waals surface area contributed by atoms with Gasteiger partial charge in [-0.15, -0.1) is 0 Å². The number of carbonyl (C=O) groups excluding carboxylic acids is 2. The molecule has 0 aliphatic heterocycles. The van der Waals surface area contributed by atoms with Crippen molar-refractivity contribution in [2.24, 2.45) is 28.6 Å². The van der Waals surface area contributed by atoms with E-state index in [4.69, 9.17) is 9.47 Å². The van der Waals surface area contributed by atoms with Crippen molar-refractivity contribution in [2.45, 2.75) is 103 Å². The van der Waals surface area contributed by atoms with Crippen LogP contribution in [-0.4, -0.2) is 46.1 Å². The first-order valence-electron chi connectivity index (χ1n) is 11.9. The Morgan fingerprint density at radius 2 is 1.81 bits per heavy atom. The Morgan fingerprint density at radius 1 is 1.13 bits per heavy atom. The Morgan fingerprint density at radius 3 is 2.42 bits per heavy atom. The minimum Gasteiger partial charge on any atom is -0.462 e. The maximum atomic E-state index is 11.9. The lowest BCUT2D eigenvalue weighted by atomic mass is 9.46. The Hall–Kier alpha value is -1.40. The molecule has 9 atom stereocenters. The molecular weight excluding hydrogens is 396 g/mol. The number of allylic oxidation sites excluding steroid dienone is 1. The number of hydrogen-bond donors (Lipinski definition) is 2. The maximum absolute atomic E-state index is 11.9. The zero-order valence-electron chi connectivity index (χ0n) is 19.5. The molecule has 0 bridgehead atoms. The number of ether oxygens (including phenoxy) is 2. The van der Waals surface area contributed by atoms with Crippen LogP contribution in [0.2, 0.25) is 0 Å². The average Bonchev–Trinajstić information content (AvgIpc) is 2.89. The molecule has 0 unspecified atom stereocenters. The van der Waals surface area contributed by atoms with Gasteiger partial charge in [-0.1, -0.05) is 25.5 Å². The van der Waals surface area contributed by atoms with Crippen molar-refractivity contribution in [3.05, 3.63) is 11.6 Å². The van der Waals surface area contributed by atoms with Crippen LogP contribution in [-0.2, 0) is 19.1 Å². The van der Waals surface area contributed by atoms with Crippen molar-refractivity contribution in [3.63, 3.8) is 0 Å². The second-order valence-corrected chi connectivity index (χ2v) is 11.1. The summed E-state index contributed by atoms with van der Waals surface area (Å²) in [5.41, 5.74) is -0.338. The SMILES string of the molecule is CC(=O)O[C@H]1CC[C@@]2(C)C(=CC[C@H]3[C@@H]4[C@H](OC(C)=O)C[C@](O)([C@@H](C)O)[C@@]4(C)CC[C@@H]32)C1. The minimum atomic E-state index is -1.26. The topological polar surface area (TPSA) is 93.1 Å². The van der Waals surface area contributed by atoms with Gasteiger partial charge in [0.15, 0.2) is 0 Å². The largest absolute Gasteiger partial charge is 0.462 e. The third kappa shape index (κ3) is 3.36. The fourth-order valence-electron chi connectivity index (χ4n) is 8.05. The van der Waals surface area contributed by atoms with Crippen molar-refractivity contribution < 1.29 is 29.3 Å². The molecule has 4 aliphatic rings. The number of aliphatic hydroxyl groups excluding tert-OH is 1. The Balaban J connectivity index is 1.68. The van der Waals surface area contributed by atoms with Crippen LogP contribution in [0.3, 0.4) is 0 Å². The minimum absolute atomic E-state index is 0.00979. The van der Waals surface area contributed by atoms with Crippen molar-refractivity contribution in [2.75, 3.05) is 0 Å².